The van der Waals surface area contributed by atoms with Crippen molar-refractivity contribution in [2.24, 2.45) is 5.92 Å². The van der Waals surface area contributed by atoms with Gasteiger partial charge in [-0.3, -0.25) is 4.90 Å². The second-order valence-corrected chi connectivity index (χ2v) is 5.94. The minimum absolute atomic E-state index is 0.289. The van der Waals surface area contributed by atoms with Crippen molar-refractivity contribution >= 4 is 0 Å². The van der Waals surface area contributed by atoms with Gasteiger partial charge in [-0.1, -0.05) is 33.6 Å². The Balaban J connectivity index is 2.58. The third-order valence-electron chi connectivity index (χ3n) is 4.05. The van der Waals surface area contributed by atoms with Gasteiger partial charge in [-0.25, -0.2) is 0 Å². The predicted octanol–water partition coefficient (Wildman–Crippen LogP) is 2.89. The lowest BCUT2D eigenvalue weighted by Crippen LogP contribution is -2.62. The molecule has 0 spiro atoms. The molecule has 0 aromatic heterocycles. The average Bonchev–Trinajstić information content (AvgIpc) is 2.25. The molecule has 2 nitrogen and oxygen atoms in total. The maximum atomic E-state index is 3.66. The van der Waals surface area contributed by atoms with Crippen LogP contribution in [0.5, 0.6) is 0 Å². The van der Waals surface area contributed by atoms with E-state index in [4.69, 9.17) is 0 Å². The van der Waals surface area contributed by atoms with E-state index in [2.05, 4.69) is 44.8 Å². The van der Waals surface area contributed by atoms with Crippen molar-refractivity contribution in [2.45, 2.75) is 65.5 Å². The molecule has 0 aliphatic carbocycles. The van der Waals surface area contributed by atoms with Gasteiger partial charge in [0.15, 0.2) is 0 Å². The predicted molar refractivity (Wildman–Crippen MR) is 71.8 cm³/mol. The van der Waals surface area contributed by atoms with E-state index in [0.717, 1.165) is 18.5 Å². The van der Waals surface area contributed by atoms with Crippen LogP contribution < -0.4 is 5.32 Å². The van der Waals surface area contributed by atoms with E-state index in [1.807, 2.05) is 0 Å². The van der Waals surface area contributed by atoms with Crippen molar-refractivity contribution in [3.05, 3.63) is 0 Å². The lowest BCUT2D eigenvalue weighted by molar-refractivity contribution is 0.0753. The normalized spacial score (nSPS) is 26.2. The van der Waals surface area contributed by atoms with Gasteiger partial charge in [-0.15, -0.1) is 0 Å². The third kappa shape index (κ3) is 3.74. The quantitative estimate of drug-likeness (QED) is 0.775. The standard InChI is InChI=1S/C14H30N2/c1-6-12(7-2)10-16-11-14(4,5)15-9-13(16)8-3/h12-13,15H,6-11H2,1-5H3. The molecule has 0 aromatic carbocycles. The Labute approximate surface area is 102 Å². The highest BCUT2D eigenvalue weighted by atomic mass is 15.2. The van der Waals surface area contributed by atoms with Gasteiger partial charge in [0.05, 0.1) is 0 Å². The molecule has 96 valence electrons. The van der Waals surface area contributed by atoms with Gasteiger partial charge >= 0.3 is 0 Å². The van der Waals surface area contributed by atoms with Gasteiger partial charge in [0.1, 0.15) is 0 Å². The Morgan fingerprint density at radius 1 is 1.25 bits per heavy atom. The summed E-state index contributed by atoms with van der Waals surface area (Å²) in [6.45, 7) is 15.2. The van der Waals surface area contributed by atoms with E-state index < -0.39 is 0 Å². The van der Waals surface area contributed by atoms with Gasteiger partial charge in [-0.2, -0.15) is 0 Å². The Morgan fingerprint density at radius 3 is 2.38 bits per heavy atom. The van der Waals surface area contributed by atoms with E-state index in [1.165, 1.54) is 32.4 Å². The largest absolute Gasteiger partial charge is 0.309 e. The lowest BCUT2D eigenvalue weighted by atomic mass is 9.94. The van der Waals surface area contributed by atoms with Crippen molar-refractivity contribution in [3.63, 3.8) is 0 Å². The van der Waals surface area contributed by atoms with Crippen molar-refractivity contribution < 1.29 is 0 Å². The van der Waals surface area contributed by atoms with Gasteiger partial charge < -0.3 is 5.32 Å². The first-order chi connectivity index (χ1) is 7.52. The number of piperazine rings is 1. The van der Waals surface area contributed by atoms with Crippen LogP contribution >= 0.6 is 0 Å². The zero-order chi connectivity index (χ0) is 12.2. The topological polar surface area (TPSA) is 15.3 Å². The summed E-state index contributed by atoms with van der Waals surface area (Å²) in [6, 6.07) is 0.744. The van der Waals surface area contributed by atoms with Crippen LogP contribution in [0, 0.1) is 5.92 Å². The van der Waals surface area contributed by atoms with Gasteiger partial charge in [0.25, 0.3) is 0 Å². The first-order valence-electron chi connectivity index (χ1n) is 7.01. The minimum Gasteiger partial charge on any atom is -0.309 e. The van der Waals surface area contributed by atoms with Gasteiger partial charge in [-0.05, 0) is 26.2 Å². The van der Waals surface area contributed by atoms with Crippen molar-refractivity contribution in [2.75, 3.05) is 19.6 Å². The summed E-state index contributed by atoms with van der Waals surface area (Å²) < 4.78 is 0. The molecule has 2 heteroatoms. The smallest absolute Gasteiger partial charge is 0.0252 e. The molecule has 1 atom stereocenters. The molecule has 0 aromatic rings. The molecule has 1 aliphatic rings. The molecule has 1 N–H and O–H groups in total. The molecule has 0 radical (unpaired) electrons. The van der Waals surface area contributed by atoms with Crippen molar-refractivity contribution in [3.8, 4) is 0 Å². The summed E-state index contributed by atoms with van der Waals surface area (Å²) in [4.78, 5) is 2.72. The molecule has 16 heavy (non-hydrogen) atoms. The van der Waals surface area contributed by atoms with Crippen LogP contribution in [0.3, 0.4) is 0 Å². The molecule has 0 bridgehead atoms. The van der Waals surface area contributed by atoms with Crippen LogP contribution in [-0.2, 0) is 0 Å². The first kappa shape index (κ1) is 14.0. The minimum atomic E-state index is 0.289. The molecule has 1 unspecified atom stereocenters. The third-order valence-corrected chi connectivity index (χ3v) is 4.05. The molecule has 0 saturated carbocycles. The summed E-state index contributed by atoms with van der Waals surface area (Å²) in [7, 11) is 0. The van der Waals surface area contributed by atoms with Crippen LogP contribution in [0.25, 0.3) is 0 Å². The molecule has 1 rings (SSSR count). The number of rotatable bonds is 5. The second-order valence-electron chi connectivity index (χ2n) is 5.94. The highest BCUT2D eigenvalue weighted by Crippen LogP contribution is 2.20. The van der Waals surface area contributed by atoms with E-state index >= 15 is 0 Å². The highest BCUT2D eigenvalue weighted by molar-refractivity contribution is 4.92. The Hall–Kier alpha value is -0.0800. The Morgan fingerprint density at radius 2 is 1.88 bits per heavy atom. The summed E-state index contributed by atoms with van der Waals surface area (Å²) >= 11 is 0. The maximum absolute atomic E-state index is 3.66. The molecule has 1 saturated heterocycles. The lowest BCUT2D eigenvalue weighted by Gasteiger charge is -2.45. The summed E-state index contributed by atoms with van der Waals surface area (Å²) in [5, 5.41) is 3.66. The zero-order valence-electron chi connectivity index (χ0n) is 11.8. The van der Waals surface area contributed by atoms with E-state index in [0.29, 0.717) is 0 Å². The summed E-state index contributed by atoms with van der Waals surface area (Å²) in [6.07, 6.45) is 3.90. The summed E-state index contributed by atoms with van der Waals surface area (Å²) in [5.41, 5.74) is 0.289. The monoisotopic (exact) mass is 226 g/mol. The molecule has 1 aliphatic heterocycles. The first-order valence-corrected chi connectivity index (χ1v) is 7.01. The van der Waals surface area contributed by atoms with Crippen molar-refractivity contribution in [1.82, 2.24) is 10.2 Å². The fourth-order valence-corrected chi connectivity index (χ4v) is 2.71. The SMILES string of the molecule is CCC(CC)CN1CC(C)(C)NCC1CC. The number of hydrogen-bond acceptors (Lipinski definition) is 2. The number of nitrogens with zero attached hydrogens (tertiary/aromatic N) is 1. The van der Waals surface area contributed by atoms with Crippen LogP contribution in [0.15, 0.2) is 0 Å². The second kappa shape index (κ2) is 6.02. The zero-order valence-corrected chi connectivity index (χ0v) is 11.8. The van der Waals surface area contributed by atoms with E-state index in [9.17, 15) is 0 Å². The van der Waals surface area contributed by atoms with Crippen LogP contribution in [-0.4, -0.2) is 36.1 Å². The molecule has 0 amide bonds. The molecule has 1 fully saturated rings. The van der Waals surface area contributed by atoms with Gasteiger partial charge in [0, 0.05) is 31.2 Å². The maximum Gasteiger partial charge on any atom is 0.0252 e. The fraction of sp³-hybridized carbons (Fsp3) is 1.00. The van der Waals surface area contributed by atoms with E-state index in [1.54, 1.807) is 0 Å². The number of nitrogens with one attached hydrogen (secondary N) is 1. The highest BCUT2D eigenvalue weighted by Gasteiger charge is 2.31. The van der Waals surface area contributed by atoms with Crippen LogP contribution in [0.2, 0.25) is 0 Å². The molecular formula is C14H30N2. The Kier molecular flexibility index (Phi) is 5.26. The fourth-order valence-electron chi connectivity index (χ4n) is 2.71. The van der Waals surface area contributed by atoms with Crippen LogP contribution in [0.4, 0.5) is 0 Å². The van der Waals surface area contributed by atoms with E-state index in [-0.39, 0.29) is 5.54 Å². The Bertz CT molecular complexity index is 197. The number of hydrogen-bond donors (Lipinski definition) is 1. The molecule has 1 heterocycles. The average molecular weight is 226 g/mol. The summed E-state index contributed by atoms with van der Waals surface area (Å²) in [5.74, 6) is 0.878. The molecular weight excluding hydrogens is 196 g/mol. The van der Waals surface area contributed by atoms with Gasteiger partial charge in [0.2, 0.25) is 0 Å². The van der Waals surface area contributed by atoms with Crippen molar-refractivity contribution in [1.29, 1.82) is 0 Å². The van der Waals surface area contributed by atoms with Crippen LogP contribution in [0.1, 0.15) is 53.9 Å².